The van der Waals surface area contributed by atoms with Crippen LogP contribution >= 0.6 is 0 Å². The summed E-state index contributed by atoms with van der Waals surface area (Å²) in [5.41, 5.74) is -1.05. The van der Waals surface area contributed by atoms with Gasteiger partial charge < -0.3 is 19.6 Å². The van der Waals surface area contributed by atoms with E-state index in [1.165, 1.54) is 0 Å². The van der Waals surface area contributed by atoms with Crippen molar-refractivity contribution in [3.8, 4) is 0 Å². The number of fused-ring (bicyclic) bond motifs is 3. The lowest BCUT2D eigenvalue weighted by Crippen LogP contribution is -2.73. The lowest BCUT2D eigenvalue weighted by molar-refractivity contribution is -0.943. The van der Waals surface area contributed by atoms with Crippen LogP contribution in [0.5, 0.6) is 0 Å². The van der Waals surface area contributed by atoms with Crippen molar-refractivity contribution < 1.29 is 23.9 Å². The number of benzene rings is 2. The molecule has 2 atom stereocenters. The number of rotatable bonds is 6. The second-order valence-corrected chi connectivity index (χ2v) is 8.92. The average Bonchev–Trinajstić information content (AvgIpc) is 2.80. The van der Waals surface area contributed by atoms with Crippen molar-refractivity contribution in [2.45, 2.75) is 37.5 Å². The summed E-state index contributed by atoms with van der Waals surface area (Å²) >= 11 is 0. The molecule has 3 aliphatic heterocycles. The lowest BCUT2D eigenvalue weighted by Gasteiger charge is -2.54. The van der Waals surface area contributed by atoms with Gasteiger partial charge in [0, 0.05) is 25.3 Å². The molecule has 3 aliphatic rings. The highest BCUT2D eigenvalue weighted by atomic mass is 16.6. The highest BCUT2D eigenvalue weighted by molar-refractivity contribution is 5.87. The third-order valence-electron chi connectivity index (χ3n) is 7.01. The second kappa shape index (κ2) is 8.44. The highest BCUT2D eigenvalue weighted by Gasteiger charge is 2.58. The smallest absolute Gasteiger partial charge is 0.348 e. The first kappa shape index (κ1) is 21.5. The molecule has 0 aromatic heterocycles. The van der Waals surface area contributed by atoms with Crippen LogP contribution in [-0.2, 0) is 19.9 Å². The molecular formula is C25H31N2O4+. The van der Waals surface area contributed by atoms with E-state index >= 15 is 0 Å². The van der Waals surface area contributed by atoms with E-state index in [0.29, 0.717) is 22.2 Å². The standard InChI is InChI=1S/C25H30N2O4/c1-3-26-23(28)21-22(18-14-16-27(21,2)17-15-18)31-24(29)25(30,19-10-6-4-7-11-19)20-12-8-5-9-13-20/h4-13,18,21-22,30H,3,14-17H2,1-2H3/p+1/t18?,21?,22-,27?/m1/s1. The predicted octanol–water partition coefficient (Wildman–Crippen LogP) is 2.21. The molecule has 2 bridgehead atoms. The fourth-order valence-corrected chi connectivity index (χ4v) is 5.24. The number of aliphatic hydroxyl groups is 1. The first-order chi connectivity index (χ1) is 14.9. The van der Waals surface area contributed by atoms with E-state index in [0.717, 1.165) is 25.9 Å². The number of carbonyl (C=O) groups excluding carboxylic acids is 2. The summed E-state index contributed by atoms with van der Waals surface area (Å²) in [4.78, 5) is 26.6. The van der Waals surface area contributed by atoms with Crippen molar-refractivity contribution in [1.82, 2.24) is 5.32 Å². The summed E-state index contributed by atoms with van der Waals surface area (Å²) in [6.07, 6.45) is 1.24. The van der Waals surface area contributed by atoms with Crippen LogP contribution in [0.25, 0.3) is 0 Å². The van der Waals surface area contributed by atoms with Crippen molar-refractivity contribution in [3.63, 3.8) is 0 Å². The fourth-order valence-electron chi connectivity index (χ4n) is 5.24. The Hall–Kier alpha value is -2.70. The maximum absolute atomic E-state index is 13.6. The van der Waals surface area contributed by atoms with Gasteiger partial charge in [0.25, 0.3) is 5.91 Å². The average molecular weight is 424 g/mol. The summed E-state index contributed by atoms with van der Waals surface area (Å²) in [6.45, 7) is 4.20. The lowest BCUT2D eigenvalue weighted by atomic mass is 9.77. The van der Waals surface area contributed by atoms with E-state index < -0.39 is 23.7 Å². The van der Waals surface area contributed by atoms with Crippen LogP contribution in [-0.4, -0.2) is 60.3 Å². The predicted molar refractivity (Wildman–Crippen MR) is 117 cm³/mol. The largest absolute Gasteiger partial charge is 0.452 e. The van der Waals surface area contributed by atoms with Crippen molar-refractivity contribution >= 4 is 11.9 Å². The molecule has 0 aliphatic carbocycles. The molecule has 6 nitrogen and oxygen atoms in total. The molecule has 0 saturated carbocycles. The number of quaternary nitrogens is 1. The molecule has 2 aromatic carbocycles. The zero-order chi connectivity index (χ0) is 22.1. The summed E-state index contributed by atoms with van der Waals surface area (Å²) in [7, 11) is 2.07. The molecular weight excluding hydrogens is 392 g/mol. The molecule has 0 spiro atoms. The first-order valence-electron chi connectivity index (χ1n) is 11.1. The minimum absolute atomic E-state index is 0.0878. The third-order valence-corrected chi connectivity index (χ3v) is 7.01. The van der Waals surface area contributed by atoms with Gasteiger partial charge in [-0.3, -0.25) is 4.79 Å². The Morgan fingerprint density at radius 2 is 1.55 bits per heavy atom. The zero-order valence-corrected chi connectivity index (χ0v) is 18.2. The van der Waals surface area contributed by atoms with E-state index in [1.54, 1.807) is 48.5 Å². The number of likely N-dealkylation sites (N-methyl/N-ethyl adjacent to an activating group) is 2. The SMILES string of the molecule is CCNC(=O)C1[C@H](OC(=O)C(O)(c2ccccc2)c2ccccc2)C2CC[N+]1(C)CC2. The Kier molecular flexibility index (Phi) is 5.86. The van der Waals surface area contributed by atoms with Crippen LogP contribution < -0.4 is 5.32 Å². The summed E-state index contributed by atoms with van der Waals surface area (Å²) < 4.78 is 6.64. The molecule has 3 saturated heterocycles. The molecule has 31 heavy (non-hydrogen) atoms. The van der Waals surface area contributed by atoms with Crippen LogP contribution in [0.4, 0.5) is 0 Å². The van der Waals surface area contributed by atoms with Gasteiger partial charge in [-0.05, 0) is 18.1 Å². The number of hydrogen-bond acceptors (Lipinski definition) is 4. The van der Waals surface area contributed by atoms with Crippen molar-refractivity contribution in [2.75, 3.05) is 26.7 Å². The number of carbonyl (C=O) groups is 2. The molecule has 5 rings (SSSR count). The van der Waals surface area contributed by atoms with E-state index in [1.807, 2.05) is 19.1 Å². The molecule has 6 heteroatoms. The molecule has 1 amide bonds. The zero-order valence-electron chi connectivity index (χ0n) is 18.2. The normalized spacial score (nSPS) is 27.5. The fraction of sp³-hybridized carbons (Fsp3) is 0.440. The molecule has 1 unspecified atom stereocenters. The molecule has 0 radical (unpaired) electrons. The van der Waals surface area contributed by atoms with Crippen LogP contribution in [0.1, 0.15) is 30.9 Å². The van der Waals surface area contributed by atoms with Gasteiger partial charge in [0.1, 0.15) is 0 Å². The number of amides is 1. The van der Waals surface area contributed by atoms with Crippen molar-refractivity contribution in [1.29, 1.82) is 0 Å². The number of nitrogens with zero attached hydrogens (tertiary/aromatic N) is 1. The highest BCUT2D eigenvalue weighted by Crippen LogP contribution is 2.41. The maximum atomic E-state index is 13.6. The van der Waals surface area contributed by atoms with E-state index in [9.17, 15) is 14.7 Å². The van der Waals surface area contributed by atoms with Gasteiger partial charge in [-0.1, -0.05) is 60.7 Å². The number of piperidine rings is 3. The molecule has 2 N–H and O–H groups in total. The van der Waals surface area contributed by atoms with Crippen LogP contribution in [0.3, 0.4) is 0 Å². The van der Waals surface area contributed by atoms with Crippen LogP contribution in [0.2, 0.25) is 0 Å². The Labute approximate surface area is 183 Å². The minimum Gasteiger partial charge on any atom is -0.452 e. The second-order valence-electron chi connectivity index (χ2n) is 8.92. The molecule has 3 fully saturated rings. The van der Waals surface area contributed by atoms with Gasteiger partial charge in [0.15, 0.2) is 6.10 Å². The van der Waals surface area contributed by atoms with Gasteiger partial charge in [0.2, 0.25) is 11.6 Å². The third kappa shape index (κ3) is 3.75. The number of hydrogen-bond donors (Lipinski definition) is 2. The number of esters is 1. The van der Waals surface area contributed by atoms with E-state index in [-0.39, 0.29) is 11.8 Å². The summed E-state index contributed by atoms with van der Waals surface area (Å²) in [6, 6.07) is 17.2. The minimum atomic E-state index is -1.95. The van der Waals surface area contributed by atoms with Gasteiger partial charge >= 0.3 is 5.97 Å². The van der Waals surface area contributed by atoms with E-state index in [4.69, 9.17) is 4.74 Å². The quantitative estimate of drug-likeness (QED) is 0.552. The molecule has 2 aromatic rings. The van der Waals surface area contributed by atoms with Gasteiger partial charge in [-0.2, -0.15) is 0 Å². The molecule has 3 heterocycles. The van der Waals surface area contributed by atoms with Crippen LogP contribution in [0.15, 0.2) is 60.7 Å². The monoisotopic (exact) mass is 423 g/mol. The Bertz CT molecular complexity index is 884. The summed E-state index contributed by atoms with van der Waals surface area (Å²) in [5, 5.41) is 14.7. The topological polar surface area (TPSA) is 75.6 Å². The Morgan fingerprint density at radius 3 is 2.03 bits per heavy atom. The van der Waals surface area contributed by atoms with Crippen molar-refractivity contribution in [3.05, 3.63) is 71.8 Å². The number of ether oxygens (including phenoxy) is 1. The first-order valence-corrected chi connectivity index (χ1v) is 11.1. The van der Waals surface area contributed by atoms with Gasteiger partial charge in [-0.15, -0.1) is 0 Å². The molecule has 164 valence electrons. The van der Waals surface area contributed by atoms with Gasteiger partial charge in [0.05, 0.1) is 20.1 Å². The van der Waals surface area contributed by atoms with Gasteiger partial charge in [-0.25, -0.2) is 4.79 Å². The number of nitrogens with one attached hydrogen (secondary N) is 1. The summed E-state index contributed by atoms with van der Waals surface area (Å²) in [5.74, 6) is -0.702. The Morgan fingerprint density at radius 1 is 1.03 bits per heavy atom. The maximum Gasteiger partial charge on any atom is 0.348 e. The van der Waals surface area contributed by atoms with Crippen LogP contribution in [0, 0.1) is 5.92 Å². The Balaban J connectivity index is 1.70. The van der Waals surface area contributed by atoms with E-state index in [2.05, 4.69) is 12.4 Å². The van der Waals surface area contributed by atoms with Crippen molar-refractivity contribution in [2.24, 2.45) is 5.92 Å².